The van der Waals surface area contributed by atoms with Crippen molar-refractivity contribution in [2.75, 3.05) is 39.3 Å². The number of likely N-dealkylation sites (tertiary alicyclic amines) is 2. The van der Waals surface area contributed by atoms with E-state index in [2.05, 4.69) is 11.9 Å². The Labute approximate surface area is 152 Å². The Bertz CT molecular complexity index is 604. The number of amides is 3. The average Bonchev–Trinajstić information content (AvgIpc) is 2.64. The summed E-state index contributed by atoms with van der Waals surface area (Å²) in [6, 6.07) is -1.55. The standard InChI is InChI=1S/C17H27N5O4/c1-11(18)21-6-2-3-12(10-21)9-13-14(16(24)25)22(15(13)23)17(26)20-7-4-19-5-8-20/h12-14,19H,1-10,18H2,(H,24,25)/t12?,13-,14?/m1/s1. The molecule has 3 heterocycles. The van der Waals surface area contributed by atoms with Gasteiger partial charge in [0.15, 0.2) is 6.04 Å². The maximum Gasteiger partial charge on any atom is 0.327 e. The lowest BCUT2D eigenvalue weighted by molar-refractivity contribution is -0.167. The first-order chi connectivity index (χ1) is 12.4. The number of carboxylic acid groups (broad SMARTS) is 1. The van der Waals surface area contributed by atoms with E-state index >= 15 is 0 Å². The number of carbonyl (C=O) groups excluding carboxylic acids is 2. The summed E-state index contributed by atoms with van der Waals surface area (Å²) in [6.45, 7) is 7.52. The van der Waals surface area contributed by atoms with Gasteiger partial charge in [0.05, 0.1) is 11.7 Å². The van der Waals surface area contributed by atoms with Gasteiger partial charge in [-0.15, -0.1) is 0 Å². The zero-order valence-electron chi connectivity index (χ0n) is 14.9. The minimum atomic E-state index is -1.12. The largest absolute Gasteiger partial charge is 0.480 e. The Morgan fingerprint density at radius 2 is 1.92 bits per heavy atom. The fourth-order valence-corrected chi connectivity index (χ4v) is 4.16. The van der Waals surface area contributed by atoms with Gasteiger partial charge >= 0.3 is 12.0 Å². The van der Waals surface area contributed by atoms with E-state index < -0.39 is 24.0 Å². The van der Waals surface area contributed by atoms with Gasteiger partial charge in [-0.25, -0.2) is 14.5 Å². The number of piperidine rings is 1. The lowest BCUT2D eigenvalue weighted by atomic mass is 9.78. The molecule has 26 heavy (non-hydrogen) atoms. The number of aliphatic carboxylic acids is 1. The van der Waals surface area contributed by atoms with Gasteiger partial charge < -0.3 is 26.0 Å². The highest BCUT2D eigenvalue weighted by Crippen LogP contribution is 2.36. The SMILES string of the molecule is C=C(N)N1CCCC(C[C@H]2C(=O)N(C(=O)N3CCNCC3)C2C(=O)O)C1. The Hall–Kier alpha value is -2.29. The Balaban J connectivity index is 1.65. The van der Waals surface area contributed by atoms with Crippen molar-refractivity contribution < 1.29 is 19.5 Å². The first-order valence-electron chi connectivity index (χ1n) is 9.15. The number of nitrogens with two attached hydrogens (primary N) is 1. The van der Waals surface area contributed by atoms with Crippen LogP contribution in [0.1, 0.15) is 19.3 Å². The molecular formula is C17H27N5O4. The van der Waals surface area contributed by atoms with E-state index in [0.717, 1.165) is 24.3 Å². The number of carboxylic acids is 1. The van der Waals surface area contributed by atoms with Crippen molar-refractivity contribution in [3.8, 4) is 0 Å². The lowest BCUT2D eigenvalue weighted by Gasteiger charge is -2.47. The zero-order chi connectivity index (χ0) is 18.8. The third-order valence-corrected chi connectivity index (χ3v) is 5.57. The molecule has 0 aromatic rings. The van der Waals surface area contributed by atoms with Crippen LogP contribution in [0.2, 0.25) is 0 Å². The van der Waals surface area contributed by atoms with Gasteiger partial charge in [-0.2, -0.15) is 0 Å². The summed E-state index contributed by atoms with van der Waals surface area (Å²) in [4.78, 5) is 41.4. The molecule has 4 N–H and O–H groups in total. The van der Waals surface area contributed by atoms with Crippen LogP contribution in [0.4, 0.5) is 4.79 Å². The van der Waals surface area contributed by atoms with Crippen LogP contribution >= 0.6 is 0 Å². The molecule has 0 bridgehead atoms. The van der Waals surface area contributed by atoms with E-state index in [0.29, 0.717) is 45.0 Å². The van der Waals surface area contributed by atoms with Crippen LogP contribution in [0.25, 0.3) is 0 Å². The van der Waals surface area contributed by atoms with Crippen molar-refractivity contribution in [1.82, 2.24) is 20.0 Å². The fraction of sp³-hybridized carbons (Fsp3) is 0.706. The van der Waals surface area contributed by atoms with Gasteiger partial charge in [-0.3, -0.25) is 4.79 Å². The van der Waals surface area contributed by atoms with Crippen molar-refractivity contribution in [1.29, 1.82) is 0 Å². The number of β-lactam (4-membered cyclic amide) rings is 1. The van der Waals surface area contributed by atoms with Crippen LogP contribution in [0.5, 0.6) is 0 Å². The van der Waals surface area contributed by atoms with E-state index in [1.54, 1.807) is 4.90 Å². The molecule has 144 valence electrons. The minimum absolute atomic E-state index is 0.177. The minimum Gasteiger partial charge on any atom is -0.480 e. The third kappa shape index (κ3) is 3.48. The Morgan fingerprint density at radius 3 is 2.54 bits per heavy atom. The van der Waals surface area contributed by atoms with Crippen LogP contribution in [0.3, 0.4) is 0 Å². The maximum absolute atomic E-state index is 12.6. The molecule has 9 nitrogen and oxygen atoms in total. The first kappa shape index (κ1) is 18.5. The number of nitrogens with zero attached hydrogens (tertiary/aromatic N) is 3. The molecule has 3 aliphatic rings. The van der Waals surface area contributed by atoms with Gasteiger partial charge in [0.25, 0.3) is 0 Å². The summed E-state index contributed by atoms with van der Waals surface area (Å²) in [5.41, 5.74) is 5.76. The molecule has 3 rings (SSSR count). The van der Waals surface area contributed by atoms with Crippen LogP contribution < -0.4 is 11.1 Å². The molecule has 0 saturated carbocycles. The van der Waals surface area contributed by atoms with Gasteiger partial charge in [-0.05, 0) is 25.2 Å². The van der Waals surface area contributed by atoms with Gasteiger partial charge in [0.2, 0.25) is 5.91 Å². The highest BCUT2D eigenvalue weighted by atomic mass is 16.4. The van der Waals surface area contributed by atoms with Crippen LogP contribution in [-0.4, -0.2) is 83.0 Å². The number of nitrogens with one attached hydrogen (secondary N) is 1. The normalized spacial score (nSPS) is 29.3. The maximum atomic E-state index is 12.6. The summed E-state index contributed by atoms with van der Waals surface area (Å²) < 4.78 is 0. The summed E-state index contributed by atoms with van der Waals surface area (Å²) in [5, 5.41) is 12.7. The number of rotatable bonds is 4. The zero-order valence-corrected chi connectivity index (χ0v) is 14.9. The van der Waals surface area contributed by atoms with Crippen LogP contribution in [0, 0.1) is 11.8 Å². The number of hydrogen-bond donors (Lipinski definition) is 3. The molecule has 3 aliphatic heterocycles. The summed E-state index contributed by atoms with van der Waals surface area (Å²) in [5.74, 6) is -1.45. The number of carbonyl (C=O) groups is 3. The topological polar surface area (TPSA) is 119 Å². The quantitative estimate of drug-likeness (QED) is 0.572. The number of urea groups is 1. The molecule has 2 unspecified atom stereocenters. The van der Waals surface area contributed by atoms with Crippen molar-refractivity contribution in [2.24, 2.45) is 17.6 Å². The highest BCUT2D eigenvalue weighted by molar-refractivity contribution is 6.07. The van der Waals surface area contributed by atoms with Crippen molar-refractivity contribution in [3.63, 3.8) is 0 Å². The number of hydrogen-bond acceptors (Lipinski definition) is 6. The second kappa shape index (κ2) is 7.53. The third-order valence-electron chi connectivity index (χ3n) is 5.57. The molecule has 0 radical (unpaired) electrons. The predicted molar refractivity (Wildman–Crippen MR) is 93.8 cm³/mol. The number of imide groups is 1. The molecule has 3 amide bonds. The first-order valence-corrected chi connectivity index (χ1v) is 9.15. The monoisotopic (exact) mass is 365 g/mol. The highest BCUT2D eigenvalue weighted by Gasteiger charge is 2.56. The molecule has 3 fully saturated rings. The summed E-state index contributed by atoms with van der Waals surface area (Å²) >= 11 is 0. The molecule has 9 heteroatoms. The van der Waals surface area contributed by atoms with Gasteiger partial charge in [0.1, 0.15) is 0 Å². The summed E-state index contributed by atoms with van der Waals surface area (Å²) in [6.07, 6.45) is 2.32. The number of piperazine rings is 1. The molecule has 0 aromatic carbocycles. The van der Waals surface area contributed by atoms with E-state index in [1.807, 2.05) is 4.90 Å². The van der Waals surface area contributed by atoms with Gasteiger partial charge in [-0.1, -0.05) is 6.58 Å². The second-order valence-corrected chi connectivity index (χ2v) is 7.30. The van der Waals surface area contributed by atoms with Crippen molar-refractivity contribution in [2.45, 2.75) is 25.3 Å². The molecule has 0 spiro atoms. The Morgan fingerprint density at radius 1 is 1.23 bits per heavy atom. The fourth-order valence-electron chi connectivity index (χ4n) is 4.16. The molecule has 3 atom stereocenters. The van der Waals surface area contributed by atoms with Crippen molar-refractivity contribution in [3.05, 3.63) is 12.4 Å². The lowest BCUT2D eigenvalue weighted by Crippen LogP contribution is -2.69. The molecule has 3 saturated heterocycles. The van der Waals surface area contributed by atoms with Crippen LogP contribution in [0.15, 0.2) is 12.4 Å². The second-order valence-electron chi connectivity index (χ2n) is 7.30. The smallest absolute Gasteiger partial charge is 0.327 e. The summed E-state index contributed by atoms with van der Waals surface area (Å²) in [7, 11) is 0. The molecular weight excluding hydrogens is 338 g/mol. The Kier molecular flexibility index (Phi) is 5.36. The van der Waals surface area contributed by atoms with E-state index in [-0.39, 0.29) is 11.8 Å². The van der Waals surface area contributed by atoms with E-state index in [4.69, 9.17) is 5.73 Å². The molecule has 0 aliphatic carbocycles. The van der Waals surface area contributed by atoms with Crippen LogP contribution in [-0.2, 0) is 9.59 Å². The van der Waals surface area contributed by atoms with Crippen molar-refractivity contribution >= 4 is 17.9 Å². The predicted octanol–water partition coefficient (Wildman–Crippen LogP) is -0.545. The van der Waals surface area contributed by atoms with E-state index in [1.165, 1.54) is 0 Å². The molecule has 0 aromatic heterocycles. The average molecular weight is 365 g/mol. The van der Waals surface area contributed by atoms with E-state index in [9.17, 15) is 19.5 Å². The van der Waals surface area contributed by atoms with Gasteiger partial charge in [0, 0.05) is 39.3 Å².